The summed E-state index contributed by atoms with van der Waals surface area (Å²) >= 11 is 0. The van der Waals surface area contributed by atoms with Crippen LogP contribution >= 0.6 is 0 Å². The van der Waals surface area contributed by atoms with Crippen molar-refractivity contribution in [3.63, 3.8) is 0 Å². The second-order valence-corrected chi connectivity index (χ2v) is 9.34. The molecule has 0 saturated carbocycles. The monoisotopic (exact) mass is 514 g/mol. The molecule has 8 nitrogen and oxygen atoms in total. The van der Waals surface area contributed by atoms with E-state index in [9.17, 15) is 9.18 Å². The van der Waals surface area contributed by atoms with Crippen LogP contribution in [0.3, 0.4) is 0 Å². The number of nitrogen functional groups attached to an aromatic ring is 1. The minimum absolute atomic E-state index is 0.0852. The van der Waals surface area contributed by atoms with Crippen molar-refractivity contribution < 1.29 is 13.9 Å². The maximum atomic E-state index is 14.5. The van der Waals surface area contributed by atoms with Gasteiger partial charge in [0.2, 0.25) is 5.95 Å². The van der Waals surface area contributed by atoms with Crippen LogP contribution in [-0.4, -0.2) is 53.7 Å². The normalized spacial score (nSPS) is 13.6. The summed E-state index contributed by atoms with van der Waals surface area (Å²) in [5.74, 6) is 0.718. The van der Waals surface area contributed by atoms with Crippen LogP contribution in [-0.2, 0) is 6.54 Å². The molecule has 9 heteroatoms. The third-order valence-electron chi connectivity index (χ3n) is 6.65. The molecule has 196 valence electrons. The third-order valence-corrected chi connectivity index (χ3v) is 6.65. The van der Waals surface area contributed by atoms with Crippen LogP contribution < -0.4 is 20.7 Å². The molecule has 0 atom stereocenters. The molecule has 1 aliphatic rings. The van der Waals surface area contributed by atoms with Gasteiger partial charge in [-0.05, 0) is 54.8 Å². The summed E-state index contributed by atoms with van der Waals surface area (Å²) in [5, 5.41) is 3.84. The Morgan fingerprint density at radius 1 is 1.03 bits per heavy atom. The molecule has 0 spiro atoms. The summed E-state index contributed by atoms with van der Waals surface area (Å²) in [6.45, 7) is 7.05. The predicted octanol–water partition coefficient (Wildman–Crippen LogP) is 4.76. The number of halogens is 1. The third kappa shape index (κ3) is 5.46. The van der Waals surface area contributed by atoms with Gasteiger partial charge in [-0.25, -0.2) is 14.2 Å². The van der Waals surface area contributed by atoms with E-state index in [2.05, 4.69) is 26.3 Å². The number of nitrogens with zero attached hydrogens (tertiary/aromatic N) is 4. The Morgan fingerprint density at radius 2 is 1.79 bits per heavy atom. The maximum absolute atomic E-state index is 14.5. The highest BCUT2D eigenvalue weighted by Gasteiger charge is 2.24. The van der Waals surface area contributed by atoms with E-state index in [1.165, 1.54) is 6.07 Å². The number of carbonyl (C=O) groups is 1. The number of nitrogens with two attached hydrogens (primary N) is 1. The van der Waals surface area contributed by atoms with Gasteiger partial charge in [-0.3, -0.25) is 0 Å². The second-order valence-electron chi connectivity index (χ2n) is 9.34. The summed E-state index contributed by atoms with van der Waals surface area (Å²) in [6, 6.07) is 18.7. The molecule has 2 heterocycles. The molecule has 5 rings (SSSR count). The Labute approximate surface area is 221 Å². The number of nitrogens with one attached hydrogen (secondary N) is 1. The van der Waals surface area contributed by atoms with E-state index in [1.807, 2.05) is 61.2 Å². The van der Waals surface area contributed by atoms with E-state index in [0.29, 0.717) is 50.7 Å². The number of ether oxygens (including phenoxy) is 1. The van der Waals surface area contributed by atoms with Crippen LogP contribution in [0.2, 0.25) is 0 Å². The quantitative estimate of drug-likeness (QED) is 0.385. The molecule has 0 radical (unpaired) electrons. The topological polar surface area (TPSA) is 96.6 Å². The number of aromatic nitrogens is 2. The van der Waals surface area contributed by atoms with Gasteiger partial charge in [-0.1, -0.05) is 42.0 Å². The number of urea groups is 1. The molecule has 0 unspecified atom stereocenters. The number of hydrogen-bond acceptors (Lipinski definition) is 6. The SMILES string of the molecule is CCOc1ccc(-c2ccc3nc(N)nc(N4CCN(C(=O)NCc5cccc(C)c5)CC4)c3c2)cc1F. The first kappa shape index (κ1) is 25.3. The molecule has 3 aromatic carbocycles. The first-order valence-corrected chi connectivity index (χ1v) is 12.7. The number of amides is 2. The lowest BCUT2D eigenvalue weighted by Gasteiger charge is -2.35. The van der Waals surface area contributed by atoms with Crippen LogP contribution in [0, 0.1) is 12.7 Å². The van der Waals surface area contributed by atoms with E-state index in [4.69, 9.17) is 10.5 Å². The van der Waals surface area contributed by atoms with E-state index in [0.717, 1.165) is 27.6 Å². The Kier molecular flexibility index (Phi) is 7.26. The van der Waals surface area contributed by atoms with Crippen LogP contribution in [0.15, 0.2) is 60.7 Å². The van der Waals surface area contributed by atoms with Crippen molar-refractivity contribution in [3.05, 3.63) is 77.6 Å². The van der Waals surface area contributed by atoms with E-state index in [1.54, 1.807) is 6.07 Å². The molecule has 4 aromatic rings. The Hall–Kier alpha value is -4.40. The summed E-state index contributed by atoms with van der Waals surface area (Å²) in [4.78, 5) is 25.6. The Balaban J connectivity index is 1.32. The zero-order valence-corrected chi connectivity index (χ0v) is 21.6. The molecular weight excluding hydrogens is 483 g/mol. The van der Waals surface area contributed by atoms with Crippen LogP contribution in [0.1, 0.15) is 18.1 Å². The van der Waals surface area contributed by atoms with Crippen LogP contribution in [0.25, 0.3) is 22.0 Å². The molecule has 1 aliphatic heterocycles. The maximum Gasteiger partial charge on any atom is 0.317 e. The van der Waals surface area contributed by atoms with E-state index >= 15 is 0 Å². The van der Waals surface area contributed by atoms with E-state index in [-0.39, 0.29) is 17.7 Å². The van der Waals surface area contributed by atoms with Crippen molar-refractivity contribution in [3.8, 4) is 16.9 Å². The van der Waals surface area contributed by atoms with Gasteiger partial charge < -0.3 is 25.6 Å². The fraction of sp³-hybridized carbons (Fsp3) is 0.276. The standard InChI is InChI=1S/C29H31FN6O2/c1-3-38-26-10-8-22(17-24(26)30)21-7-9-25-23(16-21)27(34-28(31)33-25)35-11-13-36(14-12-35)29(37)32-18-20-6-4-5-19(2)15-20/h4-10,15-17H,3,11-14,18H2,1-2H3,(H,32,37)(H2,31,33,34). The number of aryl methyl sites for hydroxylation is 1. The van der Waals surface area contributed by atoms with Crippen molar-refractivity contribution in [2.75, 3.05) is 43.4 Å². The number of carbonyl (C=O) groups excluding carboxylic acids is 1. The van der Waals surface area contributed by atoms with Crippen LogP contribution in [0.4, 0.5) is 21.0 Å². The molecule has 2 amide bonds. The molecule has 38 heavy (non-hydrogen) atoms. The summed E-state index contributed by atoms with van der Waals surface area (Å²) in [5.41, 5.74) is 10.5. The molecule has 3 N–H and O–H groups in total. The molecule has 0 aliphatic carbocycles. The summed E-state index contributed by atoms with van der Waals surface area (Å²) in [6.07, 6.45) is 0. The first-order chi connectivity index (χ1) is 18.4. The minimum Gasteiger partial charge on any atom is -0.491 e. The van der Waals surface area contributed by atoms with Gasteiger partial charge in [0.25, 0.3) is 0 Å². The highest BCUT2D eigenvalue weighted by Crippen LogP contribution is 2.32. The van der Waals surface area contributed by atoms with E-state index < -0.39 is 5.82 Å². The van der Waals surface area contributed by atoms with Crippen molar-refractivity contribution >= 4 is 28.7 Å². The van der Waals surface area contributed by atoms with Crippen molar-refractivity contribution in [2.24, 2.45) is 0 Å². The lowest BCUT2D eigenvalue weighted by molar-refractivity contribution is 0.194. The zero-order valence-electron chi connectivity index (χ0n) is 21.6. The van der Waals surface area contributed by atoms with Gasteiger partial charge in [-0.2, -0.15) is 4.98 Å². The molecule has 1 aromatic heterocycles. The number of fused-ring (bicyclic) bond motifs is 1. The lowest BCUT2D eigenvalue weighted by Crippen LogP contribution is -2.52. The number of piperazine rings is 1. The van der Waals surface area contributed by atoms with Gasteiger partial charge in [0.1, 0.15) is 5.82 Å². The Bertz CT molecular complexity index is 1470. The molecule has 1 fully saturated rings. The fourth-order valence-electron chi connectivity index (χ4n) is 4.74. The average Bonchev–Trinajstić information content (AvgIpc) is 2.92. The molecule has 1 saturated heterocycles. The number of benzene rings is 3. The van der Waals surface area contributed by atoms with Crippen molar-refractivity contribution in [1.29, 1.82) is 0 Å². The van der Waals surface area contributed by atoms with Gasteiger partial charge in [0, 0.05) is 38.1 Å². The van der Waals surface area contributed by atoms with Gasteiger partial charge in [-0.15, -0.1) is 0 Å². The highest BCUT2D eigenvalue weighted by atomic mass is 19.1. The number of rotatable bonds is 6. The smallest absolute Gasteiger partial charge is 0.317 e. The zero-order chi connectivity index (χ0) is 26.6. The van der Waals surface area contributed by atoms with Crippen LogP contribution in [0.5, 0.6) is 5.75 Å². The summed E-state index contributed by atoms with van der Waals surface area (Å²) in [7, 11) is 0. The number of anilines is 2. The van der Waals surface area contributed by atoms with Crippen molar-refractivity contribution in [1.82, 2.24) is 20.2 Å². The first-order valence-electron chi connectivity index (χ1n) is 12.7. The second kappa shape index (κ2) is 10.9. The lowest BCUT2D eigenvalue weighted by atomic mass is 10.0. The van der Waals surface area contributed by atoms with Gasteiger partial charge in [0.05, 0.1) is 12.1 Å². The predicted molar refractivity (Wildman–Crippen MR) is 148 cm³/mol. The largest absolute Gasteiger partial charge is 0.491 e. The average molecular weight is 515 g/mol. The van der Waals surface area contributed by atoms with Gasteiger partial charge in [0.15, 0.2) is 11.6 Å². The Morgan fingerprint density at radius 3 is 2.53 bits per heavy atom. The molecular formula is C29H31FN6O2. The van der Waals surface area contributed by atoms with Gasteiger partial charge >= 0.3 is 6.03 Å². The fourth-order valence-corrected chi connectivity index (χ4v) is 4.74. The minimum atomic E-state index is -0.407. The number of hydrogen-bond donors (Lipinski definition) is 2. The van der Waals surface area contributed by atoms with Crippen molar-refractivity contribution in [2.45, 2.75) is 20.4 Å². The molecule has 0 bridgehead atoms. The summed E-state index contributed by atoms with van der Waals surface area (Å²) < 4.78 is 19.8. The highest BCUT2D eigenvalue weighted by molar-refractivity contribution is 5.94.